The fraction of sp³-hybridized carbons (Fsp3) is 0.725. The number of carbonyl (C=O) groups is 4. The number of nitrogens with zero attached hydrogens (tertiary/aromatic N) is 2. The summed E-state index contributed by atoms with van der Waals surface area (Å²) in [6.45, 7) is 47.5. The second kappa shape index (κ2) is 15.9. The third kappa shape index (κ3) is 9.10. The number of imide groups is 1. The van der Waals surface area contributed by atoms with E-state index >= 15 is 0 Å². The molecule has 3 amide bonds. The van der Waals surface area contributed by atoms with Crippen molar-refractivity contribution in [3.05, 3.63) is 46.5 Å². The van der Waals surface area contributed by atoms with Crippen LogP contribution < -0.4 is 0 Å². The highest BCUT2D eigenvalue weighted by atomic mass is 16.2. The van der Waals surface area contributed by atoms with Crippen LogP contribution in [-0.2, 0) is 0 Å². The van der Waals surface area contributed by atoms with Gasteiger partial charge in [-0.15, -0.1) is 0 Å². The zero-order valence-corrected chi connectivity index (χ0v) is 40.3. The number of hydrogen-bond donors (Lipinski definition) is 0. The van der Waals surface area contributed by atoms with Crippen molar-refractivity contribution in [3.63, 3.8) is 0 Å². The monoisotopic (exact) mass is 787 g/mol. The van der Waals surface area contributed by atoms with E-state index in [2.05, 4.69) is 138 Å². The van der Waals surface area contributed by atoms with E-state index in [1.54, 1.807) is 36.2 Å². The van der Waals surface area contributed by atoms with E-state index in [0.717, 1.165) is 25.5 Å². The lowest BCUT2D eigenvalue weighted by Gasteiger charge is -2.52. The topological polar surface area (TPSA) is 74.8 Å². The fourth-order valence-electron chi connectivity index (χ4n) is 9.01. The molecule has 6 heteroatoms. The van der Waals surface area contributed by atoms with E-state index in [-0.39, 0.29) is 67.0 Å². The van der Waals surface area contributed by atoms with Crippen molar-refractivity contribution in [3.8, 4) is 0 Å². The maximum Gasteiger partial charge on any atom is 0.261 e. The Labute approximate surface area is 348 Å². The smallest absolute Gasteiger partial charge is 0.261 e. The van der Waals surface area contributed by atoms with E-state index in [0.29, 0.717) is 58.5 Å². The fourth-order valence-corrected chi connectivity index (χ4v) is 9.01. The van der Waals surface area contributed by atoms with Crippen molar-refractivity contribution in [2.45, 2.75) is 164 Å². The van der Waals surface area contributed by atoms with Crippen molar-refractivity contribution in [1.82, 2.24) is 9.80 Å². The third-order valence-corrected chi connectivity index (χ3v) is 17.3. The van der Waals surface area contributed by atoms with Crippen LogP contribution in [-0.4, -0.2) is 53.9 Å². The summed E-state index contributed by atoms with van der Waals surface area (Å²) in [5.41, 5.74) is 1.86. The molecule has 0 aromatic heterocycles. The van der Waals surface area contributed by atoms with E-state index in [4.69, 9.17) is 0 Å². The lowest BCUT2D eigenvalue weighted by Crippen LogP contribution is -2.46. The highest BCUT2D eigenvalue weighted by Gasteiger charge is 2.48. The molecule has 2 aromatic carbocycles. The number of carbonyl (C=O) groups excluding carboxylic acids is 4. The molecular formula is C51H82N2O4. The minimum absolute atomic E-state index is 0.00719. The first-order valence-electron chi connectivity index (χ1n) is 21.7. The Hall–Kier alpha value is -3.02. The average molecular weight is 787 g/mol. The van der Waals surface area contributed by atoms with Gasteiger partial charge in [0.2, 0.25) is 0 Å². The molecule has 1 aliphatic heterocycles. The highest BCUT2D eigenvalue weighted by Crippen LogP contribution is 2.56. The van der Waals surface area contributed by atoms with Crippen molar-refractivity contribution in [2.75, 3.05) is 20.1 Å². The average Bonchev–Trinajstić information content (AvgIpc) is 3.06. The third-order valence-electron chi connectivity index (χ3n) is 17.3. The molecule has 0 N–H and O–H groups in total. The first-order chi connectivity index (χ1) is 25.5. The second-order valence-corrected chi connectivity index (χ2v) is 23.9. The maximum atomic E-state index is 14.3. The van der Waals surface area contributed by atoms with Gasteiger partial charge in [-0.3, -0.25) is 24.1 Å². The molecule has 0 fully saturated rings. The van der Waals surface area contributed by atoms with Crippen LogP contribution >= 0.6 is 0 Å². The van der Waals surface area contributed by atoms with E-state index in [1.165, 1.54) is 4.90 Å². The Morgan fingerprint density at radius 3 is 1.42 bits per heavy atom. The summed E-state index contributed by atoms with van der Waals surface area (Å²) >= 11 is 0. The molecule has 0 radical (unpaired) electrons. The quantitative estimate of drug-likeness (QED) is 0.125. The number of rotatable bonds is 16. The molecule has 0 saturated heterocycles. The number of aldehydes is 1. The summed E-state index contributed by atoms with van der Waals surface area (Å²) < 4.78 is 0. The van der Waals surface area contributed by atoms with E-state index in [1.807, 2.05) is 0 Å². The maximum absolute atomic E-state index is 14.3. The summed E-state index contributed by atoms with van der Waals surface area (Å²) in [6.07, 6.45) is 4.31. The van der Waals surface area contributed by atoms with Crippen molar-refractivity contribution in [2.24, 2.45) is 55.2 Å². The van der Waals surface area contributed by atoms with Crippen LogP contribution in [0.4, 0.5) is 0 Å². The Morgan fingerprint density at radius 1 is 0.614 bits per heavy atom. The Kier molecular flexibility index (Phi) is 13.5. The molecule has 0 saturated carbocycles. The Bertz CT molecular complexity index is 1820. The molecule has 3 rings (SSSR count). The summed E-state index contributed by atoms with van der Waals surface area (Å²) in [5.74, 6) is -0.446. The van der Waals surface area contributed by atoms with Gasteiger partial charge in [0.25, 0.3) is 17.7 Å². The molecule has 1 aliphatic rings. The summed E-state index contributed by atoms with van der Waals surface area (Å²) in [4.78, 5) is 58.3. The second-order valence-electron chi connectivity index (χ2n) is 23.9. The molecule has 2 unspecified atom stereocenters. The molecule has 2 aromatic rings. The first kappa shape index (κ1) is 48.3. The van der Waals surface area contributed by atoms with Crippen molar-refractivity contribution in [1.29, 1.82) is 0 Å². The van der Waals surface area contributed by atoms with Gasteiger partial charge >= 0.3 is 0 Å². The van der Waals surface area contributed by atoms with Crippen LogP contribution in [0.15, 0.2) is 24.3 Å². The Morgan fingerprint density at radius 2 is 1.02 bits per heavy atom. The normalized spacial score (nSPS) is 16.3. The predicted octanol–water partition coefficient (Wildman–Crippen LogP) is 13.4. The van der Waals surface area contributed by atoms with Gasteiger partial charge < -0.3 is 4.90 Å². The van der Waals surface area contributed by atoms with Gasteiger partial charge in [0, 0.05) is 53.2 Å². The van der Waals surface area contributed by atoms with Gasteiger partial charge in [-0.05, 0) is 99.0 Å². The number of benzene rings is 2. The minimum atomic E-state index is -0.376. The zero-order chi connectivity index (χ0) is 44.3. The van der Waals surface area contributed by atoms with Crippen LogP contribution in [0.3, 0.4) is 0 Å². The molecule has 6 nitrogen and oxygen atoms in total. The first-order valence-corrected chi connectivity index (χ1v) is 21.7. The summed E-state index contributed by atoms with van der Waals surface area (Å²) in [7, 11) is 1.80. The van der Waals surface area contributed by atoms with Gasteiger partial charge in [0.15, 0.2) is 6.29 Å². The Balaban J connectivity index is 1.88. The molecule has 320 valence electrons. The van der Waals surface area contributed by atoms with Gasteiger partial charge in [0.05, 0.1) is 0 Å². The van der Waals surface area contributed by atoms with Crippen LogP contribution in [0.25, 0.3) is 10.8 Å². The van der Waals surface area contributed by atoms with Gasteiger partial charge in [-0.2, -0.15) is 0 Å². The van der Waals surface area contributed by atoms with Crippen LogP contribution in [0.1, 0.15) is 206 Å². The van der Waals surface area contributed by atoms with Crippen molar-refractivity contribution < 1.29 is 19.2 Å². The van der Waals surface area contributed by atoms with Crippen LogP contribution in [0.2, 0.25) is 0 Å². The van der Waals surface area contributed by atoms with Gasteiger partial charge in [-0.1, -0.05) is 145 Å². The molecular weight excluding hydrogens is 705 g/mol. The molecule has 0 spiro atoms. The molecule has 2 atom stereocenters. The van der Waals surface area contributed by atoms with Crippen molar-refractivity contribution >= 4 is 34.8 Å². The molecule has 0 bridgehead atoms. The zero-order valence-electron chi connectivity index (χ0n) is 40.3. The standard InChI is InChI=1S/C51H82N2O4/c1-33(50(17,18)48(13,14)31-46(9,10)44(3,4)5)26-28-52(21)41(55)36-24-25-38-40-37(23-22-35(30-54)39(36)40)42(56)53(43(38)57)29-27-34(2)51(19,20)49(15,16)32-47(11,12)45(6,7)8/h22-25,30,33-34H,26-29,31-32H2,1-21H3. The summed E-state index contributed by atoms with van der Waals surface area (Å²) in [6, 6.07) is 6.62. The van der Waals surface area contributed by atoms with E-state index in [9.17, 15) is 19.2 Å². The molecule has 1 heterocycles. The van der Waals surface area contributed by atoms with Gasteiger partial charge in [0.1, 0.15) is 0 Å². The van der Waals surface area contributed by atoms with Crippen LogP contribution in [0, 0.1) is 55.2 Å². The van der Waals surface area contributed by atoms with E-state index < -0.39 is 0 Å². The SMILES string of the molecule is CC(CCN(C)C(=O)c1ccc2c3c(ccc(C=O)c13)C(=O)N(CCC(C)C(C)(C)C(C)(C)CC(C)(C)C(C)(C)C)C2=O)C(C)(C)C(C)(C)CC(C)(C)C(C)(C)C. The van der Waals surface area contributed by atoms with Gasteiger partial charge in [-0.25, -0.2) is 0 Å². The largest absolute Gasteiger partial charge is 0.342 e. The number of amides is 3. The molecule has 57 heavy (non-hydrogen) atoms. The molecule has 0 aliphatic carbocycles. The summed E-state index contributed by atoms with van der Waals surface area (Å²) in [5, 5.41) is 0.788. The highest BCUT2D eigenvalue weighted by molar-refractivity contribution is 6.29. The number of hydrogen-bond acceptors (Lipinski definition) is 4. The lowest BCUT2D eigenvalue weighted by molar-refractivity contribution is -0.0285. The predicted molar refractivity (Wildman–Crippen MR) is 240 cm³/mol. The van der Waals surface area contributed by atoms with Crippen LogP contribution in [0.5, 0.6) is 0 Å². The minimum Gasteiger partial charge on any atom is -0.342 e. The lowest BCUT2D eigenvalue weighted by atomic mass is 9.53.